The molecule has 0 bridgehead atoms. The van der Waals surface area contributed by atoms with E-state index in [0.717, 1.165) is 29.7 Å². The number of nitrogens with zero attached hydrogens (tertiary/aromatic N) is 1. The number of hydrogen-bond acceptors (Lipinski definition) is 6. The summed E-state index contributed by atoms with van der Waals surface area (Å²) in [6.45, 7) is 2.88. The summed E-state index contributed by atoms with van der Waals surface area (Å²) >= 11 is 5.89. The minimum atomic E-state index is -0.522. The predicted octanol–water partition coefficient (Wildman–Crippen LogP) is 7.13. The van der Waals surface area contributed by atoms with Gasteiger partial charge in [-0.3, -0.25) is 0 Å². The normalized spacial score (nSPS) is 14.4. The average Bonchev–Trinajstić information content (AvgIpc) is 2.90. The maximum Gasteiger partial charge on any atom is 0.343 e. The van der Waals surface area contributed by atoms with Gasteiger partial charge in [-0.05, 0) is 54.4 Å². The van der Waals surface area contributed by atoms with Crippen LogP contribution in [0.3, 0.4) is 0 Å². The second kappa shape index (κ2) is 12.3. The molecule has 0 spiro atoms. The molecule has 1 unspecified atom stereocenters. The molecule has 7 heteroatoms. The zero-order chi connectivity index (χ0) is 26.2. The molecular formula is C30H29ClN2O4. The lowest BCUT2D eigenvalue weighted by Crippen LogP contribution is -2.21. The first-order valence-corrected chi connectivity index (χ1v) is 12.8. The molecule has 3 aromatic carbocycles. The van der Waals surface area contributed by atoms with Crippen molar-refractivity contribution in [1.82, 2.24) is 0 Å². The summed E-state index contributed by atoms with van der Waals surface area (Å²) in [5.74, 6) is 0.590. The Hall–Kier alpha value is -3.95. The molecule has 4 rings (SSSR count). The zero-order valence-corrected chi connectivity index (χ0v) is 21.5. The first-order valence-electron chi connectivity index (χ1n) is 12.4. The maximum absolute atomic E-state index is 12.5. The van der Waals surface area contributed by atoms with Crippen molar-refractivity contribution < 1.29 is 19.0 Å². The fraction of sp³-hybridized carbons (Fsp3) is 0.267. The molecule has 0 aromatic heterocycles. The first kappa shape index (κ1) is 26.1. The fourth-order valence-electron chi connectivity index (χ4n) is 4.25. The number of unbranched alkanes of at least 4 members (excludes halogenated alkanes) is 4. The highest BCUT2D eigenvalue weighted by atomic mass is 35.5. The molecule has 1 heterocycles. The summed E-state index contributed by atoms with van der Waals surface area (Å²) in [4.78, 5) is 12.5. The van der Waals surface area contributed by atoms with Crippen LogP contribution in [-0.4, -0.2) is 12.6 Å². The van der Waals surface area contributed by atoms with Crippen LogP contribution < -0.4 is 19.9 Å². The quantitative estimate of drug-likeness (QED) is 0.175. The highest BCUT2D eigenvalue weighted by molar-refractivity contribution is 6.30. The summed E-state index contributed by atoms with van der Waals surface area (Å²) in [6.07, 6.45) is 5.90. The molecule has 6 nitrogen and oxygen atoms in total. The molecule has 0 saturated heterocycles. The van der Waals surface area contributed by atoms with Crippen LogP contribution in [0.4, 0.5) is 0 Å². The number of ether oxygens (including phenoxy) is 3. The molecule has 0 saturated carbocycles. The van der Waals surface area contributed by atoms with Crippen molar-refractivity contribution in [2.24, 2.45) is 5.73 Å². The van der Waals surface area contributed by atoms with Gasteiger partial charge in [-0.2, -0.15) is 5.26 Å². The van der Waals surface area contributed by atoms with Crippen LogP contribution in [0.5, 0.6) is 17.2 Å². The lowest BCUT2D eigenvalue weighted by molar-refractivity contribution is 0.0734. The Morgan fingerprint density at radius 3 is 2.41 bits per heavy atom. The smallest absolute Gasteiger partial charge is 0.343 e. The van der Waals surface area contributed by atoms with E-state index in [-0.39, 0.29) is 5.88 Å². The molecule has 37 heavy (non-hydrogen) atoms. The predicted molar refractivity (Wildman–Crippen MR) is 143 cm³/mol. The monoisotopic (exact) mass is 516 g/mol. The van der Waals surface area contributed by atoms with Crippen LogP contribution in [0.15, 0.2) is 78.2 Å². The molecule has 0 radical (unpaired) electrons. The lowest BCUT2D eigenvalue weighted by Gasteiger charge is -2.26. The van der Waals surface area contributed by atoms with E-state index >= 15 is 0 Å². The van der Waals surface area contributed by atoms with E-state index in [2.05, 4.69) is 13.0 Å². The third kappa shape index (κ3) is 6.44. The lowest BCUT2D eigenvalue weighted by atomic mass is 9.83. The van der Waals surface area contributed by atoms with Crippen molar-refractivity contribution in [3.63, 3.8) is 0 Å². The minimum Gasteiger partial charge on any atom is -0.494 e. The van der Waals surface area contributed by atoms with Crippen molar-refractivity contribution in [3.8, 4) is 23.3 Å². The highest BCUT2D eigenvalue weighted by Crippen LogP contribution is 2.43. The Balaban J connectivity index is 1.50. The molecule has 0 aliphatic carbocycles. The van der Waals surface area contributed by atoms with E-state index in [1.807, 2.05) is 24.3 Å². The summed E-state index contributed by atoms with van der Waals surface area (Å²) in [7, 11) is 0. The van der Waals surface area contributed by atoms with Crippen LogP contribution >= 0.6 is 11.6 Å². The molecule has 0 fully saturated rings. The number of benzene rings is 3. The van der Waals surface area contributed by atoms with Gasteiger partial charge in [0.05, 0.1) is 18.1 Å². The Morgan fingerprint density at radius 2 is 1.70 bits per heavy atom. The number of nitrogens with two attached hydrogens (primary N) is 1. The molecule has 0 amide bonds. The molecule has 1 aliphatic rings. The van der Waals surface area contributed by atoms with Gasteiger partial charge in [-0.15, -0.1) is 0 Å². The second-order valence-corrected chi connectivity index (χ2v) is 9.29. The van der Waals surface area contributed by atoms with E-state index in [9.17, 15) is 10.1 Å². The molecule has 3 aromatic rings. The van der Waals surface area contributed by atoms with E-state index in [4.69, 9.17) is 31.5 Å². The van der Waals surface area contributed by atoms with Gasteiger partial charge in [0.2, 0.25) is 5.88 Å². The third-order valence-corrected chi connectivity index (χ3v) is 6.46. The largest absolute Gasteiger partial charge is 0.494 e. The van der Waals surface area contributed by atoms with Crippen molar-refractivity contribution in [2.75, 3.05) is 6.61 Å². The van der Waals surface area contributed by atoms with Gasteiger partial charge >= 0.3 is 5.97 Å². The van der Waals surface area contributed by atoms with Crippen LogP contribution in [0, 0.1) is 11.3 Å². The van der Waals surface area contributed by atoms with Crippen molar-refractivity contribution in [3.05, 3.63) is 99.9 Å². The van der Waals surface area contributed by atoms with E-state index in [1.54, 1.807) is 42.5 Å². The van der Waals surface area contributed by atoms with Gasteiger partial charge in [0.15, 0.2) is 0 Å². The first-order chi connectivity index (χ1) is 18.0. The number of carbonyl (C=O) groups is 1. The van der Waals surface area contributed by atoms with E-state index in [0.29, 0.717) is 34.3 Å². The standard InChI is InChI=1S/C30H29ClN2O4/c1-2-3-4-5-6-17-35-23-13-9-20(10-14-23)28-25-16-15-24(18-27(25)37-29(33)26(28)19-32)36-30(34)21-7-11-22(31)12-8-21/h7-16,18,28H,2-6,17,33H2,1H3. The number of rotatable bonds is 10. The van der Waals surface area contributed by atoms with Crippen molar-refractivity contribution in [2.45, 2.75) is 44.9 Å². The molecular weight excluding hydrogens is 488 g/mol. The zero-order valence-electron chi connectivity index (χ0n) is 20.7. The molecule has 1 aliphatic heterocycles. The summed E-state index contributed by atoms with van der Waals surface area (Å²) in [5, 5.41) is 10.4. The maximum atomic E-state index is 12.5. The molecule has 190 valence electrons. The Morgan fingerprint density at radius 1 is 1.00 bits per heavy atom. The second-order valence-electron chi connectivity index (χ2n) is 8.85. The van der Waals surface area contributed by atoms with Gasteiger partial charge in [0.25, 0.3) is 0 Å². The summed E-state index contributed by atoms with van der Waals surface area (Å²) in [6, 6.07) is 21.4. The number of carbonyl (C=O) groups excluding carboxylic acids is 1. The van der Waals surface area contributed by atoms with Crippen LogP contribution in [0.1, 0.15) is 66.4 Å². The minimum absolute atomic E-state index is 0.0218. The molecule has 1 atom stereocenters. The van der Waals surface area contributed by atoms with Crippen molar-refractivity contribution in [1.29, 1.82) is 5.26 Å². The number of halogens is 1. The van der Waals surface area contributed by atoms with Gasteiger partial charge < -0.3 is 19.9 Å². The molecule has 2 N–H and O–H groups in total. The van der Waals surface area contributed by atoms with E-state index < -0.39 is 11.9 Å². The van der Waals surface area contributed by atoms with Crippen molar-refractivity contribution >= 4 is 17.6 Å². The summed E-state index contributed by atoms with van der Waals surface area (Å²) < 4.78 is 17.2. The van der Waals surface area contributed by atoms with Gasteiger partial charge in [0.1, 0.15) is 28.9 Å². The van der Waals surface area contributed by atoms with Gasteiger partial charge in [-0.25, -0.2) is 4.79 Å². The topological polar surface area (TPSA) is 94.6 Å². The fourth-order valence-corrected chi connectivity index (χ4v) is 4.37. The Bertz CT molecular complexity index is 1310. The Kier molecular flexibility index (Phi) is 8.71. The van der Waals surface area contributed by atoms with Crippen LogP contribution in [0.2, 0.25) is 5.02 Å². The SMILES string of the molecule is CCCCCCCOc1ccc(C2C(C#N)=C(N)Oc3cc(OC(=O)c4ccc(Cl)cc4)ccc32)cc1. The average molecular weight is 517 g/mol. The van der Waals surface area contributed by atoms with Crippen LogP contribution in [-0.2, 0) is 0 Å². The number of fused-ring (bicyclic) bond motifs is 1. The van der Waals surface area contributed by atoms with Gasteiger partial charge in [0, 0.05) is 16.7 Å². The number of hydrogen-bond donors (Lipinski definition) is 1. The van der Waals surface area contributed by atoms with Gasteiger partial charge in [-0.1, -0.05) is 62.4 Å². The summed E-state index contributed by atoms with van der Waals surface area (Å²) in [5.41, 5.74) is 8.45. The third-order valence-electron chi connectivity index (χ3n) is 6.21. The van der Waals surface area contributed by atoms with Crippen LogP contribution in [0.25, 0.3) is 0 Å². The number of nitriles is 1. The highest BCUT2D eigenvalue weighted by Gasteiger charge is 2.31. The number of allylic oxidation sites excluding steroid dienone is 1. The van der Waals surface area contributed by atoms with E-state index in [1.165, 1.54) is 19.3 Å². The number of esters is 1. The Labute approximate surface area is 222 Å².